The van der Waals surface area contributed by atoms with E-state index in [0.717, 1.165) is 6.42 Å². The van der Waals surface area contributed by atoms with E-state index < -0.39 is 41.1 Å². The van der Waals surface area contributed by atoms with Gasteiger partial charge in [-0.3, -0.25) is 14.4 Å². The van der Waals surface area contributed by atoms with E-state index in [1.165, 1.54) is 4.90 Å². The van der Waals surface area contributed by atoms with Crippen molar-refractivity contribution < 1.29 is 29.0 Å². The van der Waals surface area contributed by atoms with Gasteiger partial charge in [0.1, 0.15) is 17.6 Å². The molecule has 1 spiro atoms. The summed E-state index contributed by atoms with van der Waals surface area (Å²) in [6, 6.07) is 7.25. The van der Waals surface area contributed by atoms with Crippen molar-refractivity contribution in [1.29, 1.82) is 0 Å². The second-order valence-electron chi connectivity index (χ2n) is 10.6. The Balaban J connectivity index is 1.71. The maximum Gasteiger partial charge on any atom is 0.313 e. The molecule has 4 heterocycles. The number of likely N-dealkylation sites (tertiary alicyclic amines) is 1. The number of rotatable bonds is 4. The Labute approximate surface area is 211 Å². The van der Waals surface area contributed by atoms with E-state index in [1.807, 2.05) is 68.5 Å². The topological polar surface area (TPSA) is 96.4 Å². The number of carbonyl (C=O) groups is 3. The summed E-state index contributed by atoms with van der Waals surface area (Å²) in [5, 5.41) is 10.5. The number of fused-ring (bicyclic) bond motifs is 2. The number of nitrogens with zero attached hydrogens (tertiary/aromatic N) is 2. The largest absolute Gasteiger partial charge is 0.465 e. The molecule has 5 rings (SSSR count). The fourth-order valence-electron chi connectivity index (χ4n) is 6.42. The van der Waals surface area contributed by atoms with Gasteiger partial charge in [0.2, 0.25) is 11.8 Å². The SMILES string of the molecule is CC(C)N1CC=C[C@]23O[C@@]4(C)/C=C\CCCOC(=O)[C@H]4[C@H]2C(=O)N([C@H](CO)c2ccccc2)C3C1=O. The van der Waals surface area contributed by atoms with Crippen LogP contribution in [0, 0.1) is 11.8 Å². The maximum absolute atomic E-state index is 14.4. The van der Waals surface area contributed by atoms with Gasteiger partial charge in [-0.15, -0.1) is 0 Å². The van der Waals surface area contributed by atoms with E-state index in [0.29, 0.717) is 18.5 Å². The van der Waals surface area contributed by atoms with E-state index in [4.69, 9.17) is 9.47 Å². The van der Waals surface area contributed by atoms with Crippen molar-refractivity contribution in [3.05, 3.63) is 60.2 Å². The lowest BCUT2D eigenvalue weighted by Gasteiger charge is -2.40. The molecule has 1 N–H and O–H groups in total. The van der Waals surface area contributed by atoms with Crippen LogP contribution in [-0.2, 0) is 23.9 Å². The molecule has 8 heteroatoms. The first-order valence-electron chi connectivity index (χ1n) is 12.8. The Morgan fingerprint density at radius 2 is 1.81 bits per heavy atom. The summed E-state index contributed by atoms with van der Waals surface area (Å²) < 4.78 is 12.4. The molecule has 192 valence electrons. The summed E-state index contributed by atoms with van der Waals surface area (Å²) in [6.45, 7) is 5.90. The molecular weight excluding hydrogens is 460 g/mol. The van der Waals surface area contributed by atoms with Crippen LogP contribution in [-0.4, -0.2) is 75.7 Å². The highest BCUT2D eigenvalue weighted by molar-refractivity contribution is 5.99. The van der Waals surface area contributed by atoms with Crippen molar-refractivity contribution in [1.82, 2.24) is 9.80 Å². The number of ether oxygens (including phenoxy) is 2. The number of carbonyl (C=O) groups excluding carboxylic acids is 3. The number of aliphatic hydroxyl groups excluding tert-OH is 1. The van der Waals surface area contributed by atoms with Gasteiger partial charge in [-0.1, -0.05) is 54.6 Å². The van der Waals surface area contributed by atoms with Crippen molar-refractivity contribution in [2.24, 2.45) is 11.8 Å². The van der Waals surface area contributed by atoms with E-state index >= 15 is 0 Å². The Morgan fingerprint density at radius 1 is 1.06 bits per heavy atom. The predicted octanol–water partition coefficient (Wildman–Crippen LogP) is 2.39. The highest BCUT2D eigenvalue weighted by Crippen LogP contribution is 2.58. The van der Waals surface area contributed by atoms with Gasteiger partial charge in [-0.2, -0.15) is 0 Å². The number of aliphatic hydroxyl groups is 1. The second kappa shape index (κ2) is 9.16. The zero-order chi connectivity index (χ0) is 25.7. The Morgan fingerprint density at radius 3 is 2.50 bits per heavy atom. The second-order valence-corrected chi connectivity index (χ2v) is 10.6. The van der Waals surface area contributed by atoms with Gasteiger partial charge in [0.15, 0.2) is 0 Å². The zero-order valence-electron chi connectivity index (χ0n) is 21.0. The summed E-state index contributed by atoms with van der Waals surface area (Å²) in [4.78, 5) is 45.2. The first-order valence-corrected chi connectivity index (χ1v) is 12.8. The molecule has 1 unspecified atom stereocenters. The average molecular weight is 495 g/mol. The highest BCUT2D eigenvalue weighted by atomic mass is 16.6. The van der Waals surface area contributed by atoms with Crippen LogP contribution in [0.15, 0.2) is 54.6 Å². The Hall–Kier alpha value is -2.97. The molecule has 4 aliphatic heterocycles. The molecule has 0 radical (unpaired) electrons. The van der Waals surface area contributed by atoms with Crippen LogP contribution in [0.25, 0.3) is 0 Å². The molecule has 0 bridgehead atoms. The molecule has 6 atom stereocenters. The third kappa shape index (κ3) is 3.61. The summed E-state index contributed by atoms with van der Waals surface area (Å²) in [5.41, 5.74) is -1.78. The van der Waals surface area contributed by atoms with Crippen LogP contribution in [0.1, 0.15) is 45.2 Å². The lowest BCUT2D eigenvalue weighted by atomic mass is 9.74. The lowest BCUT2D eigenvalue weighted by Crippen LogP contribution is -2.57. The molecule has 1 aromatic rings. The molecule has 4 aliphatic rings. The predicted molar refractivity (Wildman–Crippen MR) is 131 cm³/mol. The molecule has 1 aromatic carbocycles. The van der Waals surface area contributed by atoms with Gasteiger partial charge in [0, 0.05) is 12.6 Å². The number of cyclic esters (lactones) is 1. The molecule has 2 fully saturated rings. The number of allylic oxidation sites excluding steroid dienone is 1. The molecule has 8 nitrogen and oxygen atoms in total. The smallest absolute Gasteiger partial charge is 0.313 e. The Kier molecular flexibility index (Phi) is 6.29. The lowest BCUT2D eigenvalue weighted by molar-refractivity contribution is -0.161. The molecular formula is C28H34N2O6. The van der Waals surface area contributed by atoms with Crippen molar-refractivity contribution in [2.45, 2.75) is 62.9 Å². The molecule has 0 aromatic heterocycles. The van der Waals surface area contributed by atoms with Crippen LogP contribution in [0.3, 0.4) is 0 Å². The van der Waals surface area contributed by atoms with Crippen molar-refractivity contribution in [2.75, 3.05) is 19.8 Å². The number of esters is 1. The normalized spacial score (nSPS) is 35.8. The van der Waals surface area contributed by atoms with Crippen molar-refractivity contribution >= 4 is 17.8 Å². The minimum Gasteiger partial charge on any atom is -0.465 e. The van der Waals surface area contributed by atoms with Crippen LogP contribution >= 0.6 is 0 Å². The zero-order valence-corrected chi connectivity index (χ0v) is 21.0. The monoisotopic (exact) mass is 494 g/mol. The molecule has 36 heavy (non-hydrogen) atoms. The molecule has 2 amide bonds. The van der Waals surface area contributed by atoms with Gasteiger partial charge in [-0.05, 0) is 39.2 Å². The van der Waals surface area contributed by atoms with Crippen LogP contribution in [0.2, 0.25) is 0 Å². The number of hydrogen-bond acceptors (Lipinski definition) is 6. The number of hydrogen-bond donors (Lipinski definition) is 1. The molecule has 0 saturated carbocycles. The fraction of sp³-hybridized carbons (Fsp3) is 0.536. The standard InChI is InChI=1S/C28H34N2O6/c1-18(2)29-15-10-14-28-21(22-26(34)35-16-9-5-8-13-27(22,3)36-28)24(32)30(23(28)25(29)33)20(17-31)19-11-6-4-7-12-19/h4,6-8,10-14,18,20-23,31H,5,9,15-17H2,1-3H3/b13-8-/t20-,21+,22-,23?,27+,28+/m1/s1. The minimum atomic E-state index is -1.37. The van der Waals surface area contributed by atoms with Crippen LogP contribution < -0.4 is 0 Å². The van der Waals surface area contributed by atoms with Gasteiger partial charge in [0.05, 0.1) is 30.8 Å². The van der Waals surface area contributed by atoms with E-state index in [1.54, 1.807) is 11.8 Å². The highest BCUT2D eigenvalue weighted by Gasteiger charge is 2.75. The summed E-state index contributed by atoms with van der Waals surface area (Å²) in [5.74, 6) is -3.03. The molecule has 0 aliphatic carbocycles. The van der Waals surface area contributed by atoms with Gasteiger partial charge in [-0.25, -0.2) is 0 Å². The first-order chi connectivity index (χ1) is 17.2. The summed E-state index contributed by atoms with van der Waals surface area (Å²) in [7, 11) is 0. The number of amides is 2. The summed E-state index contributed by atoms with van der Waals surface area (Å²) >= 11 is 0. The Bertz CT molecular complexity index is 1100. The van der Waals surface area contributed by atoms with E-state index in [2.05, 4.69) is 0 Å². The number of benzene rings is 1. The maximum atomic E-state index is 14.4. The van der Waals surface area contributed by atoms with Crippen LogP contribution in [0.4, 0.5) is 0 Å². The quantitative estimate of drug-likeness (QED) is 0.510. The van der Waals surface area contributed by atoms with Crippen LogP contribution in [0.5, 0.6) is 0 Å². The third-order valence-corrected chi connectivity index (χ3v) is 8.04. The third-order valence-electron chi connectivity index (χ3n) is 8.04. The fourth-order valence-corrected chi connectivity index (χ4v) is 6.42. The minimum absolute atomic E-state index is 0.114. The first kappa shape index (κ1) is 24.7. The van der Waals surface area contributed by atoms with Gasteiger partial charge >= 0.3 is 5.97 Å². The van der Waals surface area contributed by atoms with Crippen molar-refractivity contribution in [3.63, 3.8) is 0 Å². The van der Waals surface area contributed by atoms with Gasteiger partial charge < -0.3 is 24.4 Å². The van der Waals surface area contributed by atoms with Crippen molar-refractivity contribution in [3.8, 4) is 0 Å². The van der Waals surface area contributed by atoms with E-state index in [9.17, 15) is 19.5 Å². The van der Waals surface area contributed by atoms with E-state index in [-0.39, 0.29) is 31.1 Å². The summed E-state index contributed by atoms with van der Waals surface area (Å²) in [6.07, 6.45) is 8.90. The van der Waals surface area contributed by atoms with Gasteiger partial charge in [0.25, 0.3) is 0 Å². The average Bonchev–Trinajstić information content (AvgIpc) is 3.20. The molecule has 2 saturated heterocycles.